The van der Waals surface area contributed by atoms with Crippen LogP contribution < -0.4 is 16.0 Å². The van der Waals surface area contributed by atoms with E-state index in [1.54, 1.807) is 29.6 Å². The molecule has 176 valence electrons. The van der Waals surface area contributed by atoms with Crippen LogP contribution in [0.2, 0.25) is 5.02 Å². The topological polar surface area (TPSA) is 143 Å². The van der Waals surface area contributed by atoms with E-state index in [0.29, 0.717) is 28.0 Å². The molecule has 1 aromatic heterocycles. The quantitative estimate of drug-likeness (QED) is 0.272. The minimum absolute atomic E-state index is 0.0545. The van der Waals surface area contributed by atoms with Crippen LogP contribution in [0.25, 0.3) is 0 Å². The van der Waals surface area contributed by atoms with Gasteiger partial charge < -0.3 is 10.6 Å². The number of benzene rings is 2. The molecule has 1 heterocycles. The summed E-state index contributed by atoms with van der Waals surface area (Å²) in [7, 11) is 0. The zero-order chi connectivity index (χ0) is 24.7. The maximum atomic E-state index is 12.4. The van der Waals surface area contributed by atoms with E-state index in [9.17, 15) is 24.5 Å². The fourth-order valence-electron chi connectivity index (χ4n) is 2.68. The first-order valence-electron chi connectivity index (χ1n) is 9.66. The number of nitrogens with one attached hydrogen (secondary N) is 3. The first-order chi connectivity index (χ1) is 16.2. The molecular formula is C21H18ClN5O5S2. The first kappa shape index (κ1) is 25.1. The largest absolute Gasteiger partial charge is 0.326 e. The Morgan fingerprint density at radius 2 is 1.76 bits per heavy atom. The number of thiazole rings is 1. The lowest BCUT2D eigenvalue weighted by Gasteiger charge is -2.06. The number of hydrogen-bond acceptors (Lipinski definition) is 8. The smallest absolute Gasteiger partial charge is 0.288 e. The zero-order valence-electron chi connectivity index (χ0n) is 17.7. The number of nitro groups is 1. The standard InChI is InChI=1S/C21H18ClN5O5S2/c1-12(28)23-14-3-5-15(6-4-14)24-19(29)11-33-9-16-10-34-21(25-16)26-20(30)13-2-7-17(22)18(8-13)27(31)32/h2-8,10H,9,11H2,1H3,(H,23,28)(H,24,29)(H,25,26,30). The highest BCUT2D eigenvalue weighted by Gasteiger charge is 2.17. The number of halogens is 1. The second-order valence-corrected chi connectivity index (χ2v) is 9.07. The van der Waals surface area contributed by atoms with Gasteiger partial charge in [-0.3, -0.25) is 29.8 Å². The highest BCUT2D eigenvalue weighted by molar-refractivity contribution is 7.99. The summed E-state index contributed by atoms with van der Waals surface area (Å²) in [6.45, 7) is 1.42. The van der Waals surface area contributed by atoms with Crippen molar-refractivity contribution in [2.24, 2.45) is 0 Å². The Bertz CT molecular complexity index is 1230. The fraction of sp³-hybridized carbons (Fsp3) is 0.143. The highest BCUT2D eigenvalue weighted by atomic mass is 35.5. The van der Waals surface area contributed by atoms with Crippen molar-refractivity contribution >= 4 is 74.6 Å². The zero-order valence-corrected chi connectivity index (χ0v) is 20.1. The molecule has 13 heteroatoms. The molecule has 0 saturated carbocycles. The Balaban J connectivity index is 1.46. The van der Waals surface area contributed by atoms with Gasteiger partial charge in [0.05, 0.1) is 16.4 Å². The molecule has 0 atom stereocenters. The van der Waals surface area contributed by atoms with E-state index in [4.69, 9.17) is 11.6 Å². The summed E-state index contributed by atoms with van der Waals surface area (Å²) in [5, 5.41) is 21.0. The molecule has 3 amide bonds. The van der Waals surface area contributed by atoms with Crippen LogP contribution in [-0.4, -0.2) is 33.4 Å². The third-order valence-corrected chi connectivity index (χ3v) is 6.24. The van der Waals surface area contributed by atoms with Gasteiger partial charge >= 0.3 is 0 Å². The van der Waals surface area contributed by atoms with Crippen LogP contribution in [0.4, 0.5) is 22.2 Å². The normalized spacial score (nSPS) is 10.4. The molecule has 0 saturated heterocycles. The summed E-state index contributed by atoms with van der Waals surface area (Å²) in [6.07, 6.45) is 0. The predicted octanol–water partition coefficient (Wildman–Crippen LogP) is 4.79. The van der Waals surface area contributed by atoms with E-state index in [1.165, 1.54) is 42.2 Å². The molecule has 0 aliphatic rings. The van der Waals surface area contributed by atoms with E-state index < -0.39 is 10.8 Å². The van der Waals surface area contributed by atoms with Gasteiger partial charge in [-0.1, -0.05) is 11.6 Å². The number of aromatic nitrogens is 1. The number of anilines is 3. The predicted molar refractivity (Wildman–Crippen MR) is 134 cm³/mol. The third kappa shape index (κ3) is 7.27. The molecule has 0 bridgehead atoms. The van der Waals surface area contributed by atoms with Crippen LogP contribution >= 0.6 is 34.7 Å². The Morgan fingerprint density at radius 1 is 1.09 bits per heavy atom. The van der Waals surface area contributed by atoms with Crippen LogP contribution in [0.1, 0.15) is 23.0 Å². The van der Waals surface area contributed by atoms with Crippen LogP contribution in [0.3, 0.4) is 0 Å². The van der Waals surface area contributed by atoms with Crippen molar-refractivity contribution in [1.29, 1.82) is 0 Å². The second-order valence-electron chi connectivity index (χ2n) is 6.82. The summed E-state index contributed by atoms with van der Waals surface area (Å²) in [5.74, 6) is -0.260. The van der Waals surface area contributed by atoms with Crippen molar-refractivity contribution in [1.82, 2.24) is 4.98 Å². The Morgan fingerprint density at radius 3 is 2.41 bits per heavy atom. The number of carbonyl (C=O) groups is 3. The Kier molecular flexibility index (Phi) is 8.57. The number of hydrogen-bond donors (Lipinski definition) is 3. The molecule has 0 unspecified atom stereocenters. The maximum absolute atomic E-state index is 12.4. The average molecular weight is 520 g/mol. The van der Waals surface area contributed by atoms with Crippen molar-refractivity contribution in [3.8, 4) is 0 Å². The molecule has 0 aliphatic carbocycles. The van der Waals surface area contributed by atoms with Crippen LogP contribution in [0.5, 0.6) is 0 Å². The molecule has 10 nitrogen and oxygen atoms in total. The van der Waals surface area contributed by atoms with Crippen molar-refractivity contribution in [2.75, 3.05) is 21.7 Å². The summed E-state index contributed by atoms with van der Waals surface area (Å²) in [6, 6.07) is 10.6. The number of nitrogens with zero attached hydrogens (tertiary/aromatic N) is 2. The van der Waals surface area contributed by atoms with Gasteiger partial charge in [-0.2, -0.15) is 0 Å². The molecule has 0 spiro atoms. The Hall–Kier alpha value is -3.48. The molecule has 0 aliphatic heterocycles. The highest BCUT2D eigenvalue weighted by Crippen LogP contribution is 2.26. The fourth-order valence-corrected chi connectivity index (χ4v) is 4.39. The minimum Gasteiger partial charge on any atom is -0.326 e. The van der Waals surface area contributed by atoms with E-state index in [0.717, 1.165) is 6.07 Å². The second kappa shape index (κ2) is 11.6. The summed E-state index contributed by atoms with van der Waals surface area (Å²) in [5.41, 5.74) is 1.66. The van der Waals surface area contributed by atoms with Gasteiger partial charge in [0.15, 0.2) is 5.13 Å². The molecule has 3 aromatic rings. The lowest BCUT2D eigenvalue weighted by Crippen LogP contribution is -2.14. The number of carbonyl (C=O) groups excluding carboxylic acids is 3. The molecule has 34 heavy (non-hydrogen) atoms. The first-order valence-corrected chi connectivity index (χ1v) is 12.1. The number of thioether (sulfide) groups is 1. The molecule has 0 radical (unpaired) electrons. The Labute approximate surface area is 207 Å². The van der Waals surface area contributed by atoms with Gasteiger partial charge in [-0.15, -0.1) is 23.1 Å². The monoisotopic (exact) mass is 519 g/mol. The molecule has 3 rings (SSSR count). The van der Waals surface area contributed by atoms with E-state index in [2.05, 4.69) is 20.9 Å². The van der Waals surface area contributed by atoms with Crippen molar-refractivity contribution < 1.29 is 19.3 Å². The lowest BCUT2D eigenvalue weighted by atomic mass is 10.2. The third-order valence-electron chi connectivity index (χ3n) is 4.15. The average Bonchev–Trinajstić information content (AvgIpc) is 3.22. The van der Waals surface area contributed by atoms with Gasteiger partial charge in [-0.05, 0) is 36.4 Å². The van der Waals surface area contributed by atoms with Crippen LogP contribution in [-0.2, 0) is 15.3 Å². The molecule has 0 fully saturated rings. The summed E-state index contributed by atoms with van der Waals surface area (Å²) < 4.78 is 0. The van der Waals surface area contributed by atoms with Crippen LogP contribution in [0, 0.1) is 10.1 Å². The van der Waals surface area contributed by atoms with Gasteiger partial charge in [0.25, 0.3) is 11.6 Å². The number of nitro benzene ring substituents is 1. The SMILES string of the molecule is CC(=O)Nc1ccc(NC(=O)CSCc2csc(NC(=O)c3ccc(Cl)c([N+](=O)[O-])c3)n2)cc1. The maximum Gasteiger partial charge on any atom is 0.288 e. The van der Waals surface area contributed by atoms with Gasteiger partial charge in [0.1, 0.15) is 5.02 Å². The van der Waals surface area contributed by atoms with Gasteiger partial charge in [0.2, 0.25) is 11.8 Å². The molecular weight excluding hydrogens is 502 g/mol. The minimum atomic E-state index is -0.658. The number of rotatable bonds is 9. The molecule has 2 aromatic carbocycles. The lowest BCUT2D eigenvalue weighted by molar-refractivity contribution is -0.384. The van der Waals surface area contributed by atoms with Crippen molar-refractivity contribution in [2.45, 2.75) is 12.7 Å². The van der Waals surface area contributed by atoms with Gasteiger partial charge in [-0.25, -0.2) is 4.98 Å². The summed E-state index contributed by atoms with van der Waals surface area (Å²) in [4.78, 5) is 50.2. The van der Waals surface area contributed by atoms with E-state index >= 15 is 0 Å². The van der Waals surface area contributed by atoms with E-state index in [-0.39, 0.29) is 33.8 Å². The van der Waals surface area contributed by atoms with Crippen molar-refractivity contribution in [3.63, 3.8) is 0 Å². The molecule has 3 N–H and O–H groups in total. The summed E-state index contributed by atoms with van der Waals surface area (Å²) >= 11 is 8.33. The van der Waals surface area contributed by atoms with E-state index in [1.807, 2.05) is 0 Å². The van der Waals surface area contributed by atoms with Crippen LogP contribution in [0.15, 0.2) is 47.8 Å². The number of amides is 3. The van der Waals surface area contributed by atoms with Crippen molar-refractivity contribution in [3.05, 3.63) is 74.2 Å². The van der Waals surface area contributed by atoms with Gasteiger partial charge in [0, 0.05) is 41.1 Å².